The van der Waals surface area contributed by atoms with Gasteiger partial charge in [-0.2, -0.15) is 0 Å². The van der Waals surface area contributed by atoms with Gasteiger partial charge in [-0.15, -0.1) is 0 Å². The van der Waals surface area contributed by atoms with Gasteiger partial charge in [-0.3, -0.25) is 9.59 Å². The lowest BCUT2D eigenvalue weighted by Gasteiger charge is -2.59. The minimum atomic E-state index is -0.528. The lowest BCUT2D eigenvalue weighted by Crippen LogP contribution is -2.56. The van der Waals surface area contributed by atoms with Crippen molar-refractivity contribution in [3.05, 3.63) is 59.2 Å². The lowest BCUT2D eigenvalue weighted by molar-refractivity contribution is -0.130. The van der Waals surface area contributed by atoms with Crippen LogP contribution in [0.2, 0.25) is 0 Å². The third-order valence-corrected chi connectivity index (χ3v) is 9.12. The maximum atomic E-state index is 13.2. The Labute approximate surface area is 194 Å². The van der Waals surface area contributed by atoms with Crippen LogP contribution < -0.4 is 0 Å². The van der Waals surface area contributed by atoms with Crippen molar-refractivity contribution in [3.8, 4) is 0 Å². The predicted molar refractivity (Wildman–Crippen MR) is 123 cm³/mol. The zero-order valence-electron chi connectivity index (χ0n) is 19.4. The second-order valence-electron chi connectivity index (χ2n) is 10.8. The first kappa shape index (κ1) is 22.3. The van der Waals surface area contributed by atoms with Crippen molar-refractivity contribution in [3.63, 3.8) is 0 Å². The van der Waals surface area contributed by atoms with E-state index in [1.54, 1.807) is 24.3 Å². The molecule has 174 valence electrons. The Morgan fingerprint density at radius 1 is 1.12 bits per heavy atom. The number of carbonyl (C=O) groups is 3. The summed E-state index contributed by atoms with van der Waals surface area (Å²) in [5, 5.41) is 11.4. The number of allylic oxidation sites excluding steroid dienone is 3. The van der Waals surface area contributed by atoms with Crippen LogP contribution in [0.1, 0.15) is 62.7 Å². The van der Waals surface area contributed by atoms with E-state index < -0.39 is 17.5 Å². The number of benzene rings is 1. The highest BCUT2D eigenvalue weighted by Crippen LogP contribution is 2.65. The van der Waals surface area contributed by atoms with Gasteiger partial charge in [0.25, 0.3) is 0 Å². The number of hydrogen-bond acceptors (Lipinski definition) is 5. The number of ether oxygens (including phenoxy) is 1. The third kappa shape index (κ3) is 3.52. The minimum Gasteiger partial charge on any atom is -0.454 e. The van der Waals surface area contributed by atoms with Gasteiger partial charge in [-0.05, 0) is 73.5 Å². The molecule has 0 heterocycles. The Bertz CT molecular complexity index is 1050. The standard InChI is InChI=1S/C28H32O5/c1-27-13-12-19(29)14-18(27)8-9-20-21-10-11-22(28(21,2)15-23(30)25(20)27)24(31)16-33-26(32)17-6-4-3-5-7-17/h3-7,11,14,20-21,23,25,30H,8-10,12-13,15-16H2,1-2H3/t20-,21-,23-,25+,27-,28-/m0/s1. The van der Waals surface area contributed by atoms with Gasteiger partial charge < -0.3 is 9.84 Å². The molecule has 1 N–H and O–H groups in total. The number of rotatable bonds is 4. The number of esters is 1. The van der Waals surface area contributed by atoms with Crippen LogP contribution >= 0.6 is 0 Å². The number of hydrogen-bond donors (Lipinski definition) is 1. The average Bonchev–Trinajstić information content (AvgIpc) is 3.14. The second-order valence-corrected chi connectivity index (χ2v) is 10.8. The Morgan fingerprint density at radius 3 is 2.64 bits per heavy atom. The van der Waals surface area contributed by atoms with Crippen LogP contribution in [0.3, 0.4) is 0 Å². The van der Waals surface area contributed by atoms with Gasteiger partial charge in [-0.1, -0.05) is 43.7 Å². The topological polar surface area (TPSA) is 80.7 Å². The van der Waals surface area contributed by atoms with Gasteiger partial charge in [0.05, 0.1) is 11.7 Å². The van der Waals surface area contributed by atoms with Gasteiger partial charge >= 0.3 is 5.97 Å². The molecule has 0 saturated heterocycles. The SMILES string of the molecule is C[C@]12CCC(=O)C=C1CC[C@@H]1[C@@H]2[C@@H](O)C[C@]2(C)C(C(=O)COC(=O)c3ccccc3)=CC[C@@H]12. The fourth-order valence-corrected chi connectivity index (χ4v) is 7.56. The lowest BCUT2D eigenvalue weighted by atomic mass is 9.46. The molecule has 5 rings (SSSR count). The maximum Gasteiger partial charge on any atom is 0.338 e. The average molecular weight is 449 g/mol. The van der Waals surface area contributed by atoms with E-state index in [2.05, 4.69) is 13.8 Å². The summed E-state index contributed by atoms with van der Waals surface area (Å²) in [4.78, 5) is 37.5. The summed E-state index contributed by atoms with van der Waals surface area (Å²) in [5.74, 6) is 0.243. The molecule has 2 saturated carbocycles. The molecule has 4 aliphatic rings. The van der Waals surface area contributed by atoms with Crippen molar-refractivity contribution in [2.24, 2.45) is 28.6 Å². The summed E-state index contributed by atoms with van der Waals surface area (Å²) >= 11 is 0. The first-order chi connectivity index (χ1) is 15.7. The highest BCUT2D eigenvalue weighted by molar-refractivity contribution is 6.00. The summed E-state index contributed by atoms with van der Waals surface area (Å²) in [6, 6.07) is 8.68. The number of ketones is 2. The van der Waals surface area contributed by atoms with E-state index in [9.17, 15) is 19.5 Å². The zero-order valence-corrected chi connectivity index (χ0v) is 19.4. The van der Waals surface area contributed by atoms with Crippen LogP contribution in [-0.4, -0.2) is 35.4 Å². The Hall–Kier alpha value is -2.53. The molecule has 4 aliphatic carbocycles. The predicted octanol–water partition coefficient (Wildman–Crippen LogP) is 4.45. The smallest absolute Gasteiger partial charge is 0.338 e. The molecule has 1 aromatic carbocycles. The molecule has 0 aromatic heterocycles. The first-order valence-electron chi connectivity index (χ1n) is 12.1. The van der Waals surface area contributed by atoms with Crippen LogP contribution in [-0.2, 0) is 14.3 Å². The van der Waals surface area contributed by atoms with E-state index in [0.717, 1.165) is 25.7 Å². The molecule has 0 radical (unpaired) electrons. The van der Waals surface area contributed by atoms with Crippen molar-refractivity contribution in [1.82, 2.24) is 0 Å². The highest BCUT2D eigenvalue weighted by Gasteiger charge is 2.61. The normalized spacial score (nSPS) is 37.2. The van der Waals surface area contributed by atoms with Gasteiger partial charge in [0.15, 0.2) is 18.2 Å². The van der Waals surface area contributed by atoms with Gasteiger partial charge in [0.2, 0.25) is 0 Å². The van der Waals surface area contributed by atoms with E-state index in [1.807, 2.05) is 18.2 Å². The zero-order chi connectivity index (χ0) is 23.4. The summed E-state index contributed by atoms with van der Waals surface area (Å²) in [6.07, 6.45) is 7.85. The molecule has 0 bridgehead atoms. The van der Waals surface area contributed by atoms with E-state index in [0.29, 0.717) is 29.9 Å². The molecule has 0 spiro atoms. The number of fused-ring (bicyclic) bond motifs is 5. The quantitative estimate of drug-likeness (QED) is 0.689. The van der Waals surface area contributed by atoms with Crippen LogP contribution in [0.4, 0.5) is 0 Å². The Morgan fingerprint density at radius 2 is 1.88 bits per heavy atom. The van der Waals surface area contributed by atoms with Crippen LogP contribution in [0, 0.1) is 28.6 Å². The number of aliphatic hydroxyl groups excluding tert-OH is 1. The fourth-order valence-electron chi connectivity index (χ4n) is 7.56. The molecule has 5 nitrogen and oxygen atoms in total. The van der Waals surface area contributed by atoms with Crippen molar-refractivity contribution < 1.29 is 24.2 Å². The molecule has 0 unspecified atom stereocenters. The van der Waals surface area contributed by atoms with E-state index >= 15 is 0 Å². The van der Waals surface area contributed by atoms with E-state index in [-0.39, 0.29) is 35.4 Å². The summed E-state index contributed by atoms with van der Waals surface area (Å²) in [5.41, 5.74) is 1.78. The largest absolute Gasteiger partial charge is 0.454 e. The number of aliphatic hydroxyl groups is 1. The van der Waals surface area contributed by atoms with Crippen molar-refractivity contribution in [2.75, 3.05) is 6.61 Å². The summed E-state index contributed by atoms with van der Waals surface area (Å²) < 4.78 is 5.33. The summed E-state index contributed by atoms with van der Waals surface area (Å²) in [7, 11) is 0. The van der Waals surface area contributed by atoms with Crippen molar-refractivity contribution in [1.29, 1.82) is 0 Å². The Kier molecular flexibility index (Phi) is 5.43. The molecule has 33 heavy (non-hydrogen) atoms. The summed E-state index contributed by atoms with van der Waals surface area (Å²) in [6.45, 7) is 4.05. The van der Waals surface area contributed by atoms with Gasteiger partial charge in [-0.25, -0.2) is 4.79 Å². The maximum absolute atomic E-state index is 13.2. The van der Waals surface area contributed by atoms with Gasteiger partial charge in [0, 0.05) is 17.4 Å². The second kappa shape index (κ2) is 8.05. The number of Topliss-reactive ketones (excluding diaryl/α,β-unsaturated/α-hetero) is 1. The monoisotopic (exact) mass is 448 g/mol. The molecular formula is C28H32O5. The fraction of sp³-hybridized carbons (Fsp3) is 0.536. The van der Waals surface area contributed by atoms with Crippen LogP contribution in [0.5, 0.6) is 0 Å². The molecular weight excluding hydrogens is 416 g/mol. The highest BCUT2D eigenvalue weighted by atomic mass is 16.5. The van der Waals surface area contributed by atoms with Crippen LogP contribution in [0.15, 0.2) is 53.6 Å². The first-order valence-corrected chi connectivity index (χ1v) is 12.1. The van der Waals surface area contributed by atoms with E-state index in [4.69, 9.17) is 4.74 Å². The van der Waals surface area contributed by atoms with Crippen molar-refractivity contribution >= 4 is 17.5 Å². The molecule has 1 aromatic rings. The third-order valence-electron chi connectivity index (χ3n) is 9.12. The van der Waals surface area contributed by atoms with Crippen molar-refractivity contribution in [2.45, 2.75) is 58.5 Å². The molecule has 0 amide bonds. The number of carbonyl (C=O) groups excluding carboxylic acids is 3. The molecule has 2 fully saturated rings. The molecule has 0 aliphatic heterocycles. The Balaban J connectivity index is 1.33. The molecule has 5 heteroatoms. The van der Waals surface area contributed by atoms with Crippen LogP contribution in [0.25, 0.3) is 0 Å². The minimum absolute atomic E-state index is 0.113. The van der Waals surface area contributed by atoms with Gasteiger partial charge in [0.1, 0.15) is 0 Å². The van der Waals surface area contributed by atoms with E-state index in [1.165, 1.54) is 5.57 Å². The molecule has 6 atom stereocenters.